The topological polar surface area (TPSA) is 32.3 Å². The van der Waals surface area contributed by atoms with Crippen LogP contribution >= 0.6 is 0 Å². The van der Waals surface area contributed by atoms with E-state index in [2.05, 4.69) is 56.1 Å². The van der Waals surface area contributed by atoms with Crippen molar-refractivity contribution in [3.05, 3.63) is 29.3 Å². The number of carbonyl (C=O) groups excluding carboxylic acids is 1. The fourth-order valence-corrected chi connectivity index (χ4v) is 3.43. The molecule has 0 aliphatic carbocycles. The number of hydrogen-bond acceptors (Lipinski definition) is 2. The Morgan fingerprint density at radius 2 is 2.14 bits per heavy atom. The van der Waals surface area contributed by atoms with E-state index < -0.39 is 0 Å². The number of likely N-dealkylation sites (tertiary alicyclic amines) is 1. The second-order valence-electron chi connectivity index (χ2n) is 6.69. The van der Waals surface area contributed by atoms with Crippen LogP contribution in [-0.4, -0.2) is 29.9 Å². The molecule has 1 aliphatic heterocycles. The third-order valence-corrected chi connectivity index (χ3v) is 4.76. The second-order valence-corrected chi connectivity index (χ2v) is 6.69. The number of carbonyl (C=O) groups is 1. The molecule has 1 aromatic carbocycles. The lowest BCUT2D eigenvalue weighted by atomic mass is 9.98. The first-order chi connectivity index (χ1) is 10.5. The molecule has 1 aromatic rings. The van der Waals surface area contributed by atoms with Gasteiger partial charge in [-0.05, 0) is 49.7 Å². The van der Waals surface area contributed by atoms with Gasteiger partial charge in [0.1, 0.15) is 0 Å². The van der Waals surface area contributed by atoms with Gasteiger partial charge < -0.3 is 10.2 Å². The summed E-state index contributed by atoms with van der Waals surface area (Å²) < 4.78 is 0. The summed E-state index contributed by atoms with van der Waals surface area (Å²) in [6, 6.07) is 6.79. The molecule has 1 heterocycles. The maximum Gasteiger partial charge on any atom is 0.242 e. The summed E-state index contributed by atoms with van der Waals surface area (Å²) in [6.45, 7) is 10.0. The molecule has 1 aliphatic rings. The Hall–Kier alpha value is -1.51. The van der Waals surface area contributed by atoms with Crippen molar-refractivity contribution in [1.82, 2.24) is 4.90 Å². The highest BCUT2D eigenvalue weighted by molar-refractivity contribution is 5.82. The molecule has 1 atom stereocenters. The van der Waals surface area contributed by atoms with Crippen LogP contribution in [0.4, 0.5) is 5.69 Å². The standard InChI is InChI=1S/C19H30N2O/c1-5-16-10-6-7-12-21(16)18(22)13-20-19-15(4)9-8-11-17(19)14(2)3/h8-9,11,14,16,20H,5-7,10,12-13H2,1-4H3. The number of nitrogens with one attached hydrogen (secondary N) is 1. The normalized spacial score (nSPS) is 18.6. The summed E-state index contributed by atoms with van der Waals surface area (Å²) >= 11 is 0. The Morgan fingerprint density at radius 1 is 1.36 bits per heavy atom. The molecule has 3 nitrogen and oxygen atoms in total. The molecule has 0 aromatic heterocycles. The second kappa shape index (κ2) is 7.66. The first-order valence-electron chi connectivity index (χ1n) is 8.67. The minimum absolute atomic E-state index is 0.240. The number of benzene rings is 1. The van der Waals surface area contributed by atoms with E-state index in [0.29, 0.717) is 18.5 Å². The number of nitrogens with zero attached hydrogens (tertiary/aromatic N) is 1. The largest absolute Gasteiger partial charge is 0.376 e. The first kappa shape index (κ1) is 16.9. The van der Waals surface area contributed by atoms with Gasteiger partial charge in [-0.3, -0.25) is 4.79 Å². The van der Waals surface area contributed by atoms with Crippen molar-refractivity contribution in [3.63, 3.8) is 0 Å². The molecular formula is C19H30N2O. The number of hydrogen-bond donors (Lipinski definition) is 1. The van der Waals surface area contributed by atoms with E-state index in [4.69, 9.17) is 0 Å². The van der Waals surface area contributed by atoms with Crippen LogP contribution in [-0.2, 0) is 4.79 Å². The van der Waals surface area contributed by atoms with Crippen molar-refractivity contribution >= 4 is 11.6 Å². The monoisotopic (exact) mass is 302 g/mol. The minimum atomic E-state index is 0.240. The fraction of sp³-hybridized carbons (Fsp3) is 0.632. The Balaban J connectivity index is 2.05. The van der Waals surface area contributed by atoms with E-state index in [1.54, 1.807) is 0 Å². The van der Waals surface area contributed by atoms with Crippen LogP contribution in [0.25, 0.3) is 0 Å². The van der Waals surface area contributed by atoms with Crippen LogP contribution < -0.4 is 5.32 Å². The van der Waals surface area contributed by atoms with Gasteiger partial charge in [-0.15, -0.1) is 0 Å². The number of aryl methyl sites for hydroxylation is 1. The van der Waals surface area contributed by atoms with Crippen molar-refractivity contribution in [2.24, 2.45) is 0 Å². The minimum Gasteiger partial charge on any atom is -0.376 e. The average Bonchev–Trinajstić information content (AvgIpc) is 2.53. The molecule has 0 spiro atoms. The highest BCUT2D eigenvalue weighted by atomic mass is 16.2. The van der Waals surface area contributed by atoms with Crippen molar-refractivity contribution in [1.29, 1.82) is 0 Å². The summed E-state index contributed by atoms with van der Waals surface area (Å²) in [5, 5.41) is 3.41. The highest BCUT2D eigenvalue weighted by Gasteiger charge is 2.25. The van der Waals surface area contributed by atoms with E-state index in [1.165, 1.54) is 17.5 Å². The van der Waals surface area contributed by atoms with Gasteiger partial charge in [0.05, 0.1) is 6.54 Å². The molecule has 3 heteroatoms. The lowest BCUT2D eigenvalue weighted by Gasteiger charge is -2.35. The number of piperidine rings is 1. The Morgan fingerprint density at radius 3 is 2.82 bits per heavy atom. The predicted octanol–water partition coefficient (Wildman–Crippen LogP) is 4.32. The van der Waals surface area contributed by atoms with Crippen LogP contribution in [0, 0.1) is 6.92 Å². The smallest absolute Gasteiger partial charge is 0.242 e. The lowest BCUT2D eigenvalue weighted by molar-refractivity contribution is -0.133. The quantitative estimate of drug-likeness (QED) is 0.878. The summed E-state index contributed by atoms with van der Waals surface area (Å²) in [4.78, 5) is 14.7. The summed E-state index contributed by atoms with van der Waals surface area (Å²) in [7, 11) is 0. The van der Waals surface area contributed by atoms with Crippen LogP contribution in [0.15, 0.2) is 18.2 Å². The van der Waals surface area contributed by atoms with E-state index in [9.17, 15) is 4.79 Å². The van der Waals surface area contributed by atoms with Crippen molar-refractivity contribution in [3.8, 4) is 0 Å². The number of anilines is 1. The zero-order valence-corrected chi connectivity index (χ0v) is 14.5. The predicted molar refractivity (Wildman–Crippen MR) is 93.4 cm³/mol. The zero-order valence-electron chi connectivity index (χ0n) is 14.5. The molecule has 0 bridgehead atoms. The third-order valence-electron chi connectivity index (χ3n) is 4.76. The van der Waals surface area contributed by atoms with Gasteiger partial charge in [-0.2, -0.15) is 0 Å². The Bertz CT molecular complexity index is 510. The number of rotatable bonds is 5. The molecule has 1 amide bonds. The molecule has 1 unspecified atom stereocenters. The van der Waals surface area contributed by atoms with Gasteiger partial charge in [0, 0.05) is 18.3 Å². The van der Waals surface area contributed by atoms with Crippen LogP contribution in [0.1, 0.15) is 63.5 Å². The van der Waals surface area contributed by atoms with Gasteiger partial charge >= 0.3 is 0 Å². The number of para-hydroxylation sites is 1. The van der Waals surface area contributed by atoms with E-state index >= 15 is 0 Å². The van der Waals surface area contributed by atoms with Crippen LogP contribution in [0.3, 0.4) is 0 Å². The lowest BCUT2D eigenvalue weighted by Crippen LogP contribution is -2.45. The van der Waals surface area contributed by atoms with Crippen molar-refractivity contribution < 1.29 is 4.79 Å². The molecule has 1 saturated heterocycles. The maximum atomic E-state index is 12.6. The highest BCUT2D eigenvalue weighted by Crippen LogP contribution is 2.27. The Labute approximate surface area is 135 Å². The average molecular weight is 302 g/mol. The Kier molecular flexibility index (Phi) is 5.87. The fourth-order valence-electron chi connectivity index (χ4n) is 3.43. The summed E-state index contributed by atoms with van der Waals surface area (Å²) in [5.74, 6) is 0.695. The SMILES string of the molecule is CCC1CCCCN1C(=O)CNc1c(C)cccc1C(C)C. The maximum absolute atomic E-state index is 12.6. The van der Waals surface area contributed by atoms with E-state index in [-0.39, 0.29) is 5.91 Å². The summed E-state index contributed by atoms with van der Waals surface area (Å²) in [6.07, 6.45) is 4.62. The summed E-state index contributed by atoms with van der Waals surface area (Å²) in [5.41, 5.74) is 3.64. The molecule has 0 saturated carbocycles. The molecule has 2 rings (SSSR count). The van der Waals surface area contributed by atoms with Crippen molar-refractivity contribution in [2.75, 3.05) is 18.4 Å². The van der Waals surface area contributed by atoms with Gasteiger partial charge in [-0.25, -0.2) is 0 Å². The van der Waals surface area contributed by atoms with Crippen LogP contribution in [0.5, 0.6) is 0 Å². The van der Waals surface area contributed by atoms with Gasteiger partial charge in [-0.1, -0.05) is 39.0 Å². The first-order valence-corrected chi connectivity index (χ1v) is 8.67. The van der Waals surface area contributed by atoms with E-state index in [1.807, 2.05) is 0 Å². The molecule has 122 valence electrons. The van der Waals surface area contributed by atoms with Gasteiger partial charge in [0.15, 0.2) is 0 Å². The zero-order chi connectivity index (χ0) is 16.1. The molecule has 0 radical (unpaired) electrons. The third kappa shape index (κ3) is 3.82. The molecular weight excluding hydrogens is 272 g/mol. The van der Waals surface area contributed by atoms with Crippen molar-refractivity contribution in [2.45, 2.75) is 65.3 Å². The molecule has 1 fully saturated rings. The molecule has 1 N–H and O–H groups in total. The van der Waals surface area contributed by atoms with Gasteiger partial charge in [0.25, 0.3) is 0 Å². The van der Waals surface area contributed by atoms with E-state index in [0.717, 1.165) is 31.5 Å². The molecule has 22 heavy (non-hydrogen) atoms. The van der Waals surface area contributed by atoms with Crippen LogP contribution in [0.2, 0.25) is 0 Å². The number of amides is 1. The van der Waals surface area contributed by atoms with Gasteiger partial charge in [0.2, 0.25) is 5.91 Å².